The topological polar surface area (TPSA) is 106 Å². The van der Waals surface area contributed by atoms with Crippen molar-refractivity contribution in [2.24, 2.45) is 0 Å². The molecule has 2 aromatic carbocycles. The Hall–Kier alpha value is -3.48. The maximum Gasteiger partial charge on any atom is 0.303 e. The monoisotopic (exact) mass is 370 g/mol. The Morgan fingerprint density at radius 2 is 1.89 bits per heavy atom. The molecule has 0 aliphatic rings. The Morgan fingerprint density at radius 3 is 2.52 bits per heavy atom. The normalized spacial score (nSPS) is 10.7. The Balaban J connectivity index is 2.20. The van der Waals surface area contributed by atoms with Gasteiger partial charge in [0.1, 0.15) is 5.76 Å². The number of carbonyl (C=O) groups excluding carboxylic acids is 1. The lowest BCUT2D eigenvalue weighted by atomic mass is 10.0. The van der Waals surface area contributed by atoms with Crippen LogP contribution in [0.4, 0.5) is 0 Å². The van der Waals surface area contributed by atoms with Crippen LogP contribution in [0.5, 0.6) is 17.2 Å². The number of hydrogen-bond acceptors (Lipinski definition) is 6. The number of phenolic OH excluding ortho intramolecular Hbond substituents is 1. The molecule has 7 heteroatoms. The summed E-state index contributed by atoms with van der Waals surface area (Å²) in [7, 11) is 2.90. The van der Waals surface area contributed by atoms with E-state index in [-0.39, 0.29) is 17.9 Å². The number of furan rings is 1. The number of phenols is 1. The van der Waals surface area contributed by atoms with Gasteiger partial charge in [0.05, 0.1) is 19.8 Å². The predicted molar refractivity (Wildman–Crippen MR) is 97.8 cm³/mol. The van der Waals surface area contributed by atoms with Crippen LogP contribution in [0.2, 0.25) is 0 Å². The van der Waals surface area contributed by atoms with Crippen molar-refractivity contribution in [3.63, 3.8) is 0 Å². The van der Waals surface area contributed by atoms with Crippen LogP contribution in [0.1, 0.15) is 22.3 Å². The Morgan fingerprint density at radius 1 is 1.15 bits per heavy atom. The van der Waals surface area contributed by atoms with Gasteiger partial charge in [-0.15, -0.1) is 0 Å². The summed E-state index contributed by atoms with van der Waals surface area (Å²) in [5.74, 6) is 0.0335. The van der Waals surface area contributed by atoms with Gasteiger partial charge in [-0.05, 0) is 42.3 Å². The highest BCUT2D eigenvalue weighted by Crippen LogP contribution is 2.40. The largest absolute Gasteiger partial charge is 0.504 e. The van der Waals surface area contributed by atoms with Crippen LogP contribution >= 0.6 is 0 Å². The fraction of sp³-hybridized carbons (Fsp3) is 0.200. The molecular weight excluding hydrogens is 352 g/mol. The van der Waals surface area contributed by atoms with Gasteiger partial charge in [-0.25, -0.2) is 0 Å². The minimum atomic E-state index is -0.909. The van der Waals surface area contributed by atoms with E-state index in [1.165, 1.54) is 20.3 Å². The third-order valence-electron chi connectivity index (χ3n) is 4.26. The first-order valence-corrected chi connectivity index (χ1v) is 8.16. The summed E-state index contributed by atoms with van der Waals surface area (Å²) >= 11 is 0. The number of aldehydes is 1. The van der Waals surface area contributed by atoms with Gasteiger partial charge in [0.15, 0.2) is 29.1 Å². The summed E-state index contributed by atoms with van der Waals surface area (Å²) < 4.78 is 16.4. The second-order valence-corrected chi connectivity index (χ2v) is 5.92. The van der Waals surface area contributed by atoms with E-state index in [1.54, 1.807) is 24.3 Å². The summed E-state index contributed by atoms with van der Waals surface area (Å²) in [6, 6.07) is 8.06. The minimum absolute atomic E-state index is 0.0291. The molecule has 0 saturated heterocycles. The average molecular weight is 370 g/mol. The van der Waals surface area contributed by atoms with Crippen molar-refractivity contribution >= 4 is 23.2 Å². The average Bonchev–Trinajstić information content (AvgIpc) is 3.04. The number of fused-ring (bicyclic) bond motifs is 1. The van der Waals surface area contributed by atoms with E-state index in [0.29, 0.717) is 46.3 Å². The SMILES string of the molecule is COc1cc(-c2oc3c(OC)cc(CCC(=O)O)cc3c2C=O)ccc1O. The summed E-state index contributed by atoms with van der Waals surface area (Å²) in [6.07, 6.45) is 0.944. The van der Waals surface area contributed by atoms with Gasteiger partial charge in [0.25, 0.3) is 0 Å². The molecule has 0 radical (unpaired) electrons. The quantitative estimate of drug-likeness (QED) is 0.611. The lowest BCUT2D eigenvalue weighted by Gasteiger charge is -2.05. The first kappa shape index (κ1) is 18.3. The van der Waals surface area contributed by atoms with Gasteiger partial charge in [0.2, 0.25) is 0 Å². The minimum Gasteiger partial charge on any atom is -0.504 e. The first-order chi connectivity index (χ1) is 13.0. The second-order valence-electron chi connectivity index (χ2n) is 5.92. The molecule has 0 aliphatic carbocycles. The van der Waals surface area contributed by atoms with Crippen LogP contribution in [0, 0.1) is 0 Å². The molecule has 0 atom stereocenters. The number of benzene rings is 2. The molecule has 7 nitrogen and oxygen atoms in total. The smallest absolute Gasteiger partial charge is 0.303 e. The molecule has 3 rings (SSSR count). The molecule has 27 heavy (non-hydrogen) atoms. The van der Waals surface area contributed by atoms with Crippen molar-refractivity contribution in [2.45, 2.75) is 12.8 Å². The number of aromatic hydroxyl groups is 1. The molecule has 0 unspecified atom stereocenters. The zero-order valence-corrected chi connectivity index (χ0v) is 14.8. The van der Waals surface area contributed by atoms with Crippen LogP contribution in [-0.2, 0) is 11.2 Å². The standard InChI is InChI=1S/C20H18O7/c1-25-16-9-12(4-5-15(16)22)19-14(10-21)13-7-11(3-6-18(23)24)8-17(26-2)20(13)27-19/h4-5,7-10,22H,3,6H2,1-2H3,(H,23,24). The van der Waals surface area contributed by atoms with Crippen molar-refractivity contribution in [3.8, 4) is 28.6 Å². The van der Waals surface area contributed by atoms with E-state index in [1.807, 2.05) is 0 Å². The lowest BCUT2D eigenvalue weighted by Crippen LogP contribution is -1.98. The fourth-order valence-corrected chi connectivity index (χ4v) is 2.94. The number of carboxylic acids is 1. The summed E-state index contributed by atoms with van der Waals surface area (Å²) in [5.41, 5.74) is 1.98. The van der Waals surface area contributed by atoms with Crippen molar-refractivity contribution in [3.05, 3.63) is 41.5 Å². The van der Waals surface area contributed by atoms with Crippen molar-refractivity contribution in [2.75, 3.05) is 14.2 Å². The fourth-order valence-electron chi connectivity index (χ4n) is 2.94. The molecule has 3 aromatic rings. The Kier molecular flexibility index (Phi) is 5.03. The van der Waals surface area contributed by atoms with E-state index >= 15 is 0 Å². The molecule has 0 bridgehead atoms. The Bertz CT molecular complexity index is 1020. The zero-order chi connectivity index (χ0) is 19.6. The molecule has 0 amide bonds. The number of aliphatic carboxylic acids is 1. The summed E-state index contributed by atoms with van der Waals surface area (Å²) in [5, 5.41) is 19.2. The summed E-state index contributed by atoms with van der Waals surface area (Å²) in [4.78, 5) is 22.7. The van der Waals surface area contributed by atoms with E-state index in [4.69, 9.17) is 19.0 Å². The van der Waals surface area contributed by atoms with Gasteiger partial charge < -0.3 is 24.1 Å². The molecule has 0 spiro atoms. The number of carbonyl (C=O) groups is 2. The highest BCUT2D eigenvalue weighted by molar-refractivity contribution is 6.04. The maximum atomic E-state index is 11.8. The van der Waals surface area contributed by atoms with Crippen LogP contribution in [-0.4, -0.2) is 36.7 Å². The van der Waals surface area contributed by atoms with Gasteiger partial charge >= 0.3 is 5.97 Å². The molecule has 0 fully saturated rings. The molecular formula is C20H18O7. The van der Waals surface area contributed by atoms with Crippen molar-refractivity contribution in [1.82, 2.24) is 0 Å². The van der Waals surface area contributed by atoms with Crippen molar-refractivity contribution in [1.29, 1.82) is 0 Å². The number of aryl methyl sites for hydroxylation is 1. The highest BCUT2D eigenvalue weighted by Gasteiger charge is 2.20. The highest BCUT2D eigenvalue weighted by atomic mass is 16.5. The molecule has 140 valence electrons. The second kappa shape index (κ2) is 7.41. The van der Waals surface area contributed by atoms with Gasteiger partial charge in [0, 0.05) is 17.4 Å². The molecule has 2 N–H and O–H groups in total. The van der Waals surface area contributed by atoms with E-state index in [2.05, 4.69) is 0 Å². The Labute approximate surface area is 154 Å². The molecule has 1 aromatic heterocycles. The zero-order valence-electron chi connectivity index (χ0n) is 14.8. The third kappa shape index (κ3) is 3.44. The molecule has 0 saturated carbocycles. The van der Waals surface area contributed by atoms with Crippen molar-refractivity contribution < 1.29 is 33.7 Å². The van der Waals surface area contributed by atoms with Gasteiger partial charge in [-0.2, -0.15) is 0 Å². The summed E-state index contributed by atoms with van der Waals surface area (Å²) in [6.45, 7) is 0. The lowest BCUT2D eigenvalue weighted by molar-refractivity contribution is -0.136. The maximum absolute atomic E-state index is 11.8. The molecule has 0 aliphatic heterocycles. The van der Waals surface area contributed by atoms with Crippen LogP contribution in [0.3, 0.4) is 0 Å². The number of carboxylic acid groups (broad SMARTS) is 1. The predicted octanol–water partition coefficient (Wildman–Crippen LogP) is 3.65. The van der Waals surface area contributed by atoms with E-state index in [0.717, 1.165) is 5.56 Å². The van der Waals surface area contributed by atoms with Crippen LogP contribution in [0.25, 0.3) is 22.3 Å². The van der Waals surface area contributed by atoms with Crippen LogP contribution in [0.15, 0.2) is 34.7 Å². The number of hydrogen-bond donors (Lipinski definition) is 2. The number of rotatable bonds is 7. The first-order valence-electron chi connectivity index (χ1n) is 8.16. The number of ether oxygens (including phenoxy) is 2. The van der Waals surface area contributed by atoms with E-state index in [9.17, 15) is 14.7 Å². The van der Waals surface area contributed by atoms with E-state index < -0.39 is 5.97 Å². The third-order valence-corrected chi connectivity index (χ3v) is 4.26. The van der Waals surface area contributed by atoms with Gasteiger partial charge in [-0.1, -0.05) is 0 Å². The molecule has 1 heterocycles. The van der Waals surface area contributed by atoms with Crippen LogP contribution < -0.4 is 9.47 Å². The number of methoxy groups -OCH3 is 2. The van der Waals surface area contributed by atoms with Gasteiger partial charge in [-0.3, -0.25) is 9.59 Å².